The second-order valence-corrected chi connectivity index (χ2v) is 7.43. The number of aromatic nitrogens is 2. The second-order valence-electron chi connectivity index (χ2n) is 6.46. The quantitative estimate of drug-likeness (QED) is 0.498. The molecule has 1 atom stereocenters. The zero-order valence-electron chi connectivity index (χ0n) is 14.8. The summed E-state index contributed by atoms with van der Waals surface area (Å²) >= 11 is 1.09. The molecule has 0 saturated carbocycles. The van der Waals surface area contributed by atoms with Crippen LogP contribution in [-0.2, 0) is 10.5 Å². The number of fused-ring (bicyclic) bond motifs is 1. The Balaban J connectivity index is 1.70. The maximum atomic E-state index is 14.3. The molecular formula is C20H14F3N3O2S. The van der Waals surface area contributed by atoms with Crippen molar-refractivity contribution in [2.24, 2.45) is 0 Å². The molecule has 0 bridgehead atoms. The molecule has 1 amide bonds. The van der Waals surface area contributed by atoms with E-state index in [1.54, 1.807) is 18.2 Å². The van der Waals surface area contributed by atoms with Crippen molar-refractivity contribution in [2.45, 2.75) is 23.2 Å². The van der Waals surface area contributed by atoms with Crippen molar-refractivity contribution in [3.63, 3.8) is 0 Å². The first kappa shape index (κ1) is 19.3. The SMILES string of the molecule is O=C1C[C@H](c2cccc(F)c2F)c2c(nc(SCc3ccccc3F)[nH]c2=O)N1. The molecular weight excluding hydrogens is 403 g/mol. The van der Waals surface area contributed by atoms with Gasteiger partial charge in [0.05, 0.1) is 5.56 Å². The minimum absolute atomic E-state index is 0.00491. The Morgan fingerprint density at radius 2 is 1.79 bits per heavy atom. The molecule has 2 aromatic carbocycles. The summed E-state index contributed by atoms with van der Waals surface area (Å²) in [7, 11) is 0. The van der Waals surface area contributed by atoms with Crippen LogP contribution in [0.15, 0.2) is 52.4 Å². The molecule has 2 N–H and O–H groups in total. The second kappa shape index (κ2) is 7.75. The molecule has 1 aliphatic heterocycles. The van der Waals surface area contributed by atoms with Gasteiger partial charge in [0.1, 0.15) is 11.6 Å². The van der Waals surface area contributed by atoms with Crippen LogP contribution in [0.25, 0.3) is 0 Å². The number of halogens is 3. The third-order valence-electron chi connectivity index (χ3n) is 4.61. The van der Waals surface area contributed by atoms with Gasteiger partial charge in [-0.3, -0.25) is 9.59 Å². The van der Waals surface area contributed by atoms with Crippen molar-refractivity contribution in [1.82, 2.24) is 9.97 Å². The highest BCUT2D eigenvalue weighted by Gasteiger charge is 2.33. The molecule has 0 fully saturated rings. The molecule has 4 rings (SSSR count). The summed E-state index contributed by atoms with van der Waals surface area (Å²) in [5, 5.41) is 2.69. The van der Waals surface area contributed by atoms with E-state index < -0.39 is 29.0 Å². The number of hydrogen-bond acceptors (Lipinski definition) is 4. The van der Waals surface area contributed by atoms with Crippen molar-refractivity contribution in [2.75, 3.05) is 5.32 Å². The van der Waals surface area contributed by atoms with E-state index in [-0.39, 0.29) is 40.1 Å². The van der Waals surface area contributed by atoms with Gasteiger partial charge in [0.2, 0.25) is 5.91 Å². The van der Waals surface area contributed by atoms with Crippen LogP contribution in [0.3, 0.4) is 0 Å². The lowest BCUT2D eigenvalue weighted by atomic mass is 9.86. The van der Waals surface area contributed by atoms with Crippen molar-refractivity contribution in [3.8, 4) is 0 Å². The van der Waals surface area contributed by atoms with Crippen molar-refractivity contribution in [3.05, 3.63) is 87.0 Å². The third kappa shape index (κ3) is 3.77. The molecule has 5 nitrogen and oxygen atoms in total. The first-order valence-corrected chi connectivity index (χ1v) is 9.66. The number of nitrogens with zero attached hydrogens (tertiary/aromatic N) is 1. The van der Waals surface area contributed by atoms with Crippen LogP contribution in [0.2, 0.25) is 0 Å². The van der Waals surface area contributed by atoms with E-state index in [1.165, 1.54) is 18.2 Å². The summed E-state index contributed by atoms with van der Waals surface area (Å²) in [5.41, 5.74) is -0.161. The van der Waals surface area contributed by atoms with Gasteiger partial charge in [-0.25, -0.2) is 18.2 Å². The van der Waals surface area contributed by atoms with Crippen LogP contribution in [0.5, 0.6) is 0 Å². The largest absolute Gasteiger partial charge is 0.310 e. The Morgan fingerprint density at radius 3 is 2.59 bits per heavy atom. The van der Waals surface area contributed by atoms with Crippen LogP contribution >= 0.6 is 11.8 Å². The monoisotopic (exact) mass is 417 g/mol. The summed E-state index contributed by atoms with van der Waals surface area (Å²) in [6.45, 7) is 0. The Hall–Kier alpha value is -3.07. The summed E-state index contributed by atoms with van der Waals surface area (Å²) in [5.74, 6) is -3.76. The Kier molecular flexibility index (Phi) is 5.14. The first-order chi connectivity index (χ1) is 13.9. The predicted molar refractivity (Wildman–Crippen MR) is 102 cm³/mol. The van der Waals surface area contributed by atoms with Crippen molar-refractivity contribution < 1.29 is 18.0 Å². The number of rotatable bonds is 4. The summed E-state index contributed by atoms with van der Waals surface area (Å²) in [4.78, 5) is 31.6. The highest BCUT2D eigenvalue weighted by molar-refractivity contribution is 7.98. The fraction of sp³-hybridized carbons (Fsp3) is 0.150. The lowest BCUT2D eigenvalue weighted by Gasteiger charge is -2.24. The smallest absolute Gasteiger partial charge is 0.257 e. The Labute approximate surface area is 167 Å². The van der Waals surface area contributed by atoms with Gasteiger partial charge in [-0.05, 0) is 23.3 Å². The molecule has 0 unspecified atom stereocenters. The number of hydrogen-bond donors (Lipinski definition) is 2. The van der Waals surface area contributed by atoms with E-state index >= 15 is 0 Å². The zero-order chi connectivity index (χ0) is 20.5. The molecule has 148 valence electrons. The van der Waals surface area contributed by atoms with Crippen LogP contribution < -0.4 is 10.9 Å². The average molecular weight is 417 g/mol. The number of carbonyl (C=O) groups excluding carboxylic acids is 1. The molecule has 0 aliphatic carbocycles. The molecule has 1 aromatic heterocycles. The van der Waals surface area contributed by atoms with Crippen LogP contribution in [-0.4, -0.2) is 15.9 Å². The van der Waals surface area contributed by atoms with Crippen molar-refractivity contribution in [1.29, 1.82) is 0 Å². The Bertz CT molecular complexity index is 1170. The van der Waals surface area contributed by atoms with E-state index in [4.69, 9.17) is 0 Å². The van der Waals surface area contributed by atoms with Crippen LogP contribution in [0.4, 0.5) is 19.0 Å². The number of aromatic amines is 1. The standard InChI is InChI=1S/C20H14F3N3O2S/c21-13-6-2-1-4-10(13)9-29-20-25-18-16(19(28)26-20)12(8-15(27)24-18)11-5-3-7-14(22)17(11)23/h1-7,12H,8-9H2,(H2,24,25,26,27,28)/t12-/m1/s1. The number of thioether (sulfide) groups is 1. The highest BCUT2D eigenvalue weighted by Crippen LogP contribution is 2.36. The molecule has 0 saturated heterocycles. The number of H-pyrrole nitrogens is 1. The van der Waals surface area contributed by atoms with Gasteiger partial charge in [-0.2, -0.15) is 0 Å². The molecule has 1 aliphatic rings. The Morgan fingerprint density at radius 1 is 1.03 bits per heavy atom. The minimum Gasteiger partial charge on any atom is -0.310 e. The van der Waals surface area contributed by atoms with Gasteiger partial charge < -0.3 is 10.3 Å². The molecule has 0 spiro atoms. The normalized spacial score (nSPS) is 15.7. The summed E-state index contributed by atoms with van der Waals surface area (Å²) < 4.78 is 41.7. The summed E-state index contributed by atoms with van der Waals surface area (Å²) in [6.07, 6.45) is -0.208. The number of nitrogens with one attached hydrogen (secondary N) is 2. The van der Waals surface area contributed by atoms with Crippen molar-refractivity contribution >= 4 is 23.5 Å². The van der Waals surface area contributed by atoms with E-state index in [0.29, 0.717) is 5.56 Å². The van der Waals surface area contributed by atoms with Gasteiger partial charge >= 0.3 is 0 Å². The molecule has 9 heteroatoms. The fourth-order valence-electron chi connectivity index (χ4n) is 3.24. The number of amides is 1. The van der Waals surface area contributed by atoms with Crippen LogP contribution in [0, 0.1) is 17.5 Å². The maximum absolute atomic E-state index is 14.3. The first-order valence-electron chi connectivity index (χ1n) is 8.68. The number of benzene rings is 2. The molecule has 0 radical (unpaired) electrons. The van der Waals surface area contributed by atoms with Gasteiger partial charge in [0.15, 0.2) is 16.8 Å². The van der Waals surface area contributed by atoms with E-state index in [1.807, 2.05) is 0 Å². The van der Waals surface area contributed by atoms with E-state index in [2.05, 4.69) is 15.3 Å². The summed E-state index contributed by atoms with van der Waals surface area (Å²) in [6, 6.07) is 9.84. The lowest BCUT2D eigenvalue weighted by molar-refractivity contribution is -0.116. The predicted octanol–water partition coefficient (Wildman–Crippen LogP) is 3.95. The van der Waals surface area contributed by atoms with E-state index in [9.17, 15) is 22.8 Å². The van der Waals surface area contributed by atoms with Crippen LogP contribution in [0.1, 0.15) is 29.0 Å². The third-order valence-corrected chi connectivity index (χ3v) is 5.53. The zero-order valence-corrected chi connectivity index (χ0v) is 15.7. The highest BCUT2D eigenvalue weighted by atomic mass is 32.2. The fourth-order valence-corrected chi connectivity index (χ4v) is 4.08. The molecule has 2 heterocycles. The number of carbonyl (C=O) groups is 1. The molecule has 29 heavy (non-hydrogen) atoms. The van der Waals surface area contributed by atoms with Gasteiger partial charge in [0, 0.05) is 18.1 Å². The number of anilines is 1. The van der Waals surface area contributed by atoms with Gasteiger partial charge in [-0.15, -0.1) is 0 Å². The van der Waals surface area contributed by atoms with E-state index in [0.717, 1.165) is 17.8 Å². The van der Waals surface area contributed by atoms with Gasteiger partial charge in [0.25, 0.3) is 5.56 Å². The minimum atomic E-state index is -1.10. The topological polar surface area (TPSA) is 74.8 Å². The maximum Gasteiger partial charge on any atom is 0.257 e. The van der Waals surface area contributed by atoms with Gasteiger partial charge in [-0.1, -0.05) is 42.1 Å². The lowest BCUT2D eigenvalue weighted by Crippen LogP contribution is -2.31. The molecule has 3 aromatic rings. The average Bonchev–Trinajstić information content (AvgIpc) is 2.68.